The fraction of sp³-hybridized carbons (Fsp3) is 0.545. The molecule has 16 heavy (non-hydrogen) atoms. The standard InChI is InChI=1S/C11H16N4S/c1-9-7-10(8-12)15-11(14-9)13-5-3-4-6-16-2/h7H,3-6H2,1-2H3,(H,13,14,15). The van der Waals surface area contributed by atoms with Crippen LogP contribution in [0.1, 0.15) is 24.2 Å². The highest BCUT2D eigenvalue weighted by atomic mass is 32.2. The number of nitrogens with zero attached hydrogens (tertiary/aromatic N) is 3. The molecule has 1 N–H and O–H groups in total. The molecule has 0 aliphatic heterocycles. The Morgan fingerprint density at radius 1 is 1.44 bits per heavy atom. The van der Waals surface area contributed by atoms with Crippen LogP contribution >= 0.6 is 11.8 Å². The quantitative estimate of drug-likeness (QED) is 0.767. The number of unbranched alkanes of at least 4 members (excludes halogenated alkanes) is 1. The van der Waals surface area contributed by atoms with Crippen molar-refractivity contribution in [2.45, 2.75) is 19.8 Å². The molecule has 5 heteroatoms. The van der Waals surface area contributed by atoms with E-state index in [1.165, 1.54) is 12.2 Å². The molecule has 0 amide bonds. The second kappa shape index (κ2) is 7.07. The van der Waals surface area contributed by atoms with Crippen molar-refractivity contribution in [3.63, 3.8) is 0 Å². The van der Waals surface area contributed by atoms with E-state index in [0.717, 1.165) is 18.7 Å². The summed E-state index contributed by atoms with van der Waals surface area (Å²) in [5, 5.41) is 11.9. The summed E-state index contributed by atoms with van der Waals surface area (Å²) in [6.45, 7) is 2.72. The van der Waals surface area contributed by atoms with E-state index in [9.17, 15) is 0 Å². The average molecular weight is 236 g/mol. The van der Waals surface area contributed by atoms with Crippen molar-refractivity contribution in [3.8, 4) is 6.07 Å². The van der Waals surface area contributed by atoms with Crippen molar-refractivity contribution in [2.75, 3.05) is 23.9 Å². The number of nitriles is 1. The molecule has 1 aromatic rings. The Balaban J connectivity index is 2.42. The van der Waals surface area contributed by atoms with Gasteiger partial charge in [-0.05, 0) is 37.8 Å². The van der Waals surface area contributed by atoms with E-state index in [-0.39, 0.29) is 0 Å². The van der Waals surface area contributed by atoms with E-state index < -0.39 is 0 Å². The number of hydrogen-bond acceptors (Lipinski definition) is 5. The first-order valence-electron chi connectivity index (χ1n) is 5.25. The van der Waals surface area contributed by atoms with Crippen LogP contribution < -0.4 is 5.32 Å². The van der Waals surface area contributed by atoms with E-state index in [1.54, 1.807) is 6.07 Å². The van der Waals surface area contributed by atoms with E-state index in [1.807, 2.05) is 24.8 Å². The molecule has 4 nitrogen and oxygen atoms in total. The lowest BCUT2D eigenvalue weighted by Crippen LogP contribution is -2.07. The molecule has 0 radical (unpaired) electrons. The topological polar surface area (TPSA) is 61.6 Å². The second-order valence-corrected chi connectivity index (χ2v) is 4.44. The first-order chi connectivity index (χ1) is 7.76. The maximum absolute atomic E-state index is 8.76. The summed E-state index contributed by atoms with van der Waals surface area (Å²) in [6.07, 6.45) is 4.39. The largest absolute Gasteiger partial charge is 0.354 e. The van der Waals surface area contributed by atoms with Crippen LogP contribution in [0.3, 0.4) is 0 Å². The third-order valence-corrected chi connectivity index (χ3v) is 2.72. The Hall–Kier alpha value is -1.28. The predicted molar refractivity (Wildman–Crippen MR) is 67.6 cm³/mol. The van der Waals surface area contributed by atoms with Gasteiger partial charge in [-0.25, -0.2) is 9.97 Å². The number of thioether (sulfide) groups is 1. The molecular formula is C11H16N4S. The monoisotopic (exact) mass is 236 g/mol. The van der Waals surface area contributed by atoms with Gasteiger partial charge in [-0.3, -0.25) is 0 Å². The van der Waals surface area contributed by atoms with Gasteiger partial charge >= 0.3 is 0 Å². The zero-order valence-electron chi connectivity index (χ0n) is 9.66. The van der Waals surface area contributed by atoms with Crippen molar-refractivity contribution in [2.24, 2.45) is 0 Å². The maximum atomic E-state index is 8.76. The lowest BCUT2D eigenvalue weighted by molar-refractivity contribution is 0.833. The van der Waals surface area contributed by atoms with E-state index in [4.69, 9.17) is 5.26 Å². The molecule has 0 bridgehead atoms. The van der Waals surface area contributed by atoms with Crippen LogP contribution in [-0.4, -0.2) is 28.5 Å². The Kier molecular flexibility index (Phi) is 5.65. The molecule has 0 fully saturated rings. The van der Waals surface area contributed by atoms with Gasteiger partial charge in [0.25, 0.3) is 0 Å². The third kappa shape index (κ3) is 4.49. The summed E-state index contributed by atoms with van der Waals surface area (Å²) < 4.78 is 0. The highest BCUT2D eigenvalue weighted by molar-refractivity contribution is 7.98. The molecule has 86 valence electrons. The SMILES string of the molecule is CSCCCCNc1nc(C)cc(C#N)n1. The number of aryl methyl sites for hydroxylation is 1. The van der Waals surface area contributed by atoms with Crippen LogP contribution in [0.15, 0.2) is 6.07 Å². The van der Waals surface area contributed by atoms with Gasteiger partial charge < -0.3 is 5.32 Å². The van der Waals surface area contributed by atoms with Gasteiger partial charge in [0.15, 0.2) is 0 Å². The van der Waals surface area contributed by atoms with Crippen LogP contribution in [0, 0.1) is 18.3 Å². The smallest absolute Gasteiger partial charge is 0.224 e. The minimum absolute atomic E-state index is 0.416. The molecule has 0 aromatic carbocycles. The molecule has 0 saturated carbocycles. The Morgan fingerprint density at radius 2 is 2.25 bits per heavy atom. The normalized spacial score (nSPS) is 9.81. The minimum Gasteiger partial charge on any atom is -0.354 e. The van der Waals surface area contributed by atoms with Gasteiger partial charge in [0.1, 0.15) is 11.8 Å². The first kappa shape index (κ1) is 12.8. The Bertz CT molecular complexity index is 373. The minimum atomic E-state index is 0.416. The number of aromatic nitrogens is 2. The summed E-state index contributed by atoms with van der Waals surface area (Å²) in [5.41, 5.74) is 1.23. The Labute approximate surface area is 100 Å². The lowest BCUT2D eigenvalue weighted by Gasteiger charge is -2.05. The molecule has 0 unspecified atom stereocenters. The van der Waals surface area contributed by atoms with Crippen molar-refractivity contribution in [1.29, 1.82) is 5.26 Å². The molecule has 1 aromatic heterocycles. The number of rotatable bonds is 6. The third-order valence-electron chi connectivity index (χ3n) is 2.03. The molecular weight excluding hydrogens is 220 g/mol. The number of anilines is 1. The predicted octanol–water partition coefficient (Wildman–Crippen LogP) is 2.21. The molecule has 0 atom stereocenters. The summed E-state index contributed by atoms with van der Waals surface area (Å²) in [6, 6.07) is 3.70. The van der Waals surface area contributed by atoms with Crippen LogP contribution in [0.25, 0.3) is 0 Å². The second-order valence-electron chi connectivity index (χ2n) is 3.46. The van der Waals surface area contributed by atoms with Crippen LogP contribution in [0.5, 0.6) is 0 Å². The van der Waals surface area contributed by atoms with E-state index >= 15 is 0 Å². The van der Waals surface area contributed by atoms with Crippen LogP contribution in [0.2, 0.25) is 0 Å². The average Bonchev–Trinajstić information content (AvgIpc) is 2.28. The van der Waals surface area contributed by atoms with Crippen molar-refractivity contribution in [3.05, 3.63) is 17.5 Å². The molecule has 1 rings (SSSR count). The van der Waals surface area contributed by atoms with E-state index in [2.05, 4.69) is 21.5 Å². The van der Waals surface area contributed by atoms with Gasteiger partial charge in [0.05, 0.1) is 0 Å². The molecule has 0 aliphatic rings. The summed E-state index contributed by atoms with van der Waals surface area (Å²) in [7, 11) is 0. The fourth-order valence-electron chi connectivity index (χ4n) is 1.28. The van der Waals surface area contributed by atoms with Gasteiger partial charge in [-0.15, -0.1) is 0 Å². The van der Waals surface area contributed by atoms with Crippen LogP contribution in [-0.2, 0) is 0 Å². The van der Waals surface area contributed by atoms with Crippen molar-refractivity contribution < 1.29 is 0 Å². The first-order valence-corrected chi connectivity index (χ1v) is 6.64. The molecule has 0 aliphatic carbocycles. The summed E-state index contributed by atoms with van der Waals surface area (Å²) in [5.74, 6) is 1.74. The summed E-state index contributed by atoms with van der Waals surface area (Å²) in [4.78, 5) is 8.30. The lowest BCUT2D eigenvalue weighted by atomic mass is 10.3. The molecule has 0 spiro atoms. The number of nitrogens with one attached hydrogen (secondary N) is 1. The molecule has 0 saturated heterocycles. The van der Waals surface area contributed by atoms with Gasteiger partial charge in [0.2, 0.25) is 5.95 Å². The van der Waals surface area contributed by atoms with Crippen molar-refractivity contribution >= 4 is 17.7 Å². The van der Waals surface area contributed by atoms with Gasteiger partial charge in [-0.1, -0.05) is 0 Å². The Morgan fingerprint density at radius 3 is 2.94 bits per heavy atom. The summed E-state index contributed by atoms with van der Waals surface area (Å²) >= 11 is 1.85. The van der Waals surface area contributed by atoms with Crippen molar-refractivity contribution in [1.82, 2.24) is 9.97 Å². The zero-order chi connectivity index (χ0) is 11.8. The highest BCUT2D eigenvalue weighted by Gasteiger charge is 2.00. The van der Waals surface area contributed by atoms with Gasteiger partial charge in [0, 0.05) is 12.2 Å². The fourth-order valence-corrected chi connectivity index (χ4v) is 1.77. The number of hydrogen-bond donors (Lipinski definition) is 1. The van der Waals surface area contributed by atoms with Gasteiger partial charge in [-0.2, -0.15) is 17.0 Å². The zero-order valence-corrected chi connectivity index (χ0v) is 10.5. The van der Waals surface area contributed by atoms with Crippen LogP contribution in [0.4, 0.5) is 5.95 Å². The maximum Gasteiger partial charge on any atom is 0.224 e. The molecule has 1 heterocycles. The van der Waals surface area contributed by atoms with E-state index in [0.29, 0.717) is 11.6 Å². The highest BCUT2D eigenvalue weighted by Crippen LogP contribution is 2.05.